The summed E-state index contributed by atoms with van der Waals surface area (Å²) in [6.07, 6.45) is 1.38. The predicted octanol–water partition coefficient (Wildman–Crippen LogP) is 5.85. The number of hydrogen-bond acceptors (Lipinski definition) is 4. The highest BCUT2D eigenvalue weighted by Crippen LogP contribution is 2.31. The highest BCUT2D eigenvalue weighted by Gasteiger charge is 2.34. The van der Waals surface area contributed by atoms with Crippen LogP contribution in [0.5, 0.6) is 0 Å². The second-order valence-electron chi connectivity index (χ2n) is 6.27. The van der Waals surface area contributed by atoms with E-state index in [1.54, 1.807) is 48.5 Å². The van der Waals surface area contributed by atoms with Crippen molar-refractivity contribution in [1.29, 1.82) is 0 Å². The molecular weight excluding hydrogens is 511 g/mol. The second-order valence-corrected chi connectivity index (χ2v) is 8.39. The zero-order valence-corrected chi connectivity index (χ0v) is 18.9. The molecule has 0 unspecified atom stereocenters. The third kappa shape index (κ3) is 4.06. The molecule has 1 N–H and O–H groups in total. The fraction of sp³-hybridized carbons (Fsp3) is 0. The van der Waals surface area contributed by atoms with Gasteiger partial charge in [0.05, 0.1) is 15.7 Å². The molecule has 0 bridgehead atoms. The third-order valence-electron chi connectivity index (χ3n) is 4.29. The first-order valence-corrected chi connectivity index (χ1v) is 10.5. The molecule has 3 aromatic rings. The van der Waals surface area contributed by atoms with Crippen molar-refractivity contribution in [3.05, 3.63) is 80.4 Å². The lowest BCUT2D eigenvalue weighted by molar-refractivity contribution is -0.122. The molecule has 0 spiro atoms. The lowest BCUT2D eigenvalue weighted by atomic mass is 10.1. The number of carbonyl (C=O) groups is 2. The number of amides is 2. The van der Waals surface area contributed by atoms with Crippen LogP contribution in [0.2, 0.25) is 10.0 Å². The minimum atomic E-state index is -0.594. The van der Waals surface area contributed by atoms with Crippen LogP contribution in [0.3, 0.4) is 0 Å². The maximum atomic E-state index is 13.0. The van der Waals surface area contributed by atoms with Gasteiger partial charge in [0.1, 0.15) is 17.1 Å². The lowest BCUT2D eigenvalue weighted by Crippen LogP contribution is -2.54. The molecule has 30 heavy (non-hydrogen) atoms. The monoisotopic (exact) mass is 520 g/mol. The maximum absolute atomic E-state index is 13.0. The summed E-state index contributed by atoms with van der Waals surface area (Å²) in [4.78, 5) is 26.7. The van der Waals surface area contributed by atoms with E-state index in [9.17, 15) is 9.59 Å². The van der Waals surface area contributed by atoms with Crippen molar-refractivity contribution in [1.82, 2.24) is 5.32 Å². The molecule has 150 valence electrons. The number of anilines is 1. The topological polar surface area (TPSA) is 62.6 Å². The minimum absolute atomic E-state index is 0.0104. The molecule has 1 fully saturated rings. The molecule has 4 rings (SSSR count). The fourth-order valence-electron chi connectivity index (χ4n) is 2.88. The Balaban J connectivity index is 1.68. The Morgan fingerprint density at radius 3 is 2.57 bits per heavy atom. The lowest BCUT2D eigenvalue weighted by Gasteiger charge is -2.28. The van der Waals surface area contributed by atoms with Gasteiger partial charge in [-0.3, -0.25) is 19.8 Å². The first kappa shape index (κ1) is 20.8. The van der Waals surface area contributed by atoms with Gasteiger partial charge in [0.25, 0.3) is 11.8 Å². The summed E-state index contributed by atoms with van der Waals surface area (Å²) in [5, 5.41) is 3.38. The first-order valence-electron chi connectivity index (χ1n) is 8.56. The van der Waals surface area contributed by atoms with Gasteiger partial charge in [0.15, 0.2) is 5.11 Å². The van der Waals surface area contributed by atoms with E-state index in [2.05, 4.69) is 21.2 Å². The molecule has 1 aliphatic heterocycles. The molecular formula is C21H11BrCl2N2O3S. The zero-order valence-electron chi connectivity index (χ0n) is 15.0. The van der Waals surface area contributed by atoms with Crippen LogP contribution in [0.1, 0.15) is 5.76 Å². The van der Waals surface area contributed by atoms with Crippen LogP contribution in [0, 0.1) is 0 Å². The molecule has 0 atom stereocenters. The molecule has 1 aromatic heterocycles. The van der Waals surface area contributed by atoms with Gasteiger partial charge in [-0.2, -0.15) is 0 Å². The van der Waals surface area contributed by atoms with Gasteiger partial charge in [-0.25, -0.2) is 0 Å². The number of thiocarbonyl (C=S) groups is 1. The summed E-state index contributed by atoms with van der Waals surface area (Å²) in [5.74, 6) is -0.293. The molecule has 0 aliphatic carbocycles. The van der Waals surface area contributed by atoms with Crippen molar-refractivity contribution in [2.24, 2.45) is 0 Å². The number of nitrogens with zero attached hydrogens (tertiary/aromatic N) is 1. The largest absolute Gasteiger partial charge is 0.457 e. The van der Waals surface area contributed by atoms with E-state index < -0.39 is 11.8 Å². The van der Waals surface area contributed by atoms with Crippen molar-refractivity contribution in [3.63, 3.8) is 0 Å². The standard InChI is InChI=1S/C21H11BrCl2N2O3S/c22-12-2-1-3-13(9-12)26-20(28)15(19(27)25-21(26)30)10-14-5-7-18(29-14)11-4-6-16(23)17(24)8-11/h1-10H,(H,25,27,30)/b15-10-. The Morgan fingerprint density at radius 2 is 1.83 bits per heavy atom. The summed E-state index contributed by atoms with van der Waals surface area (Å²) in [6, 6.07) is 15.5. The molecule has 2 aromatic carbocycles. The van der Waals surface area contributed by atoms with Crippen LogP contribution in [0.4, 0.5) is 5.69 Å². The number of nitrogens with one attached hydrogen (secondary N) is 1. The number of halogens is 3. The summed E-state index contributed by atoms with van der Waals surface area (Å²) in [7, 11) is 0. The van der Waals surface area contributed by atoms with Crippen molar-refractivity contribution >= 4 is 80.0 Å². The molecule has 1 saturated heterocycles. The van der Waals surface area contributed by atoms with Gasteiger partial charge in [0.2, 0.25) is 0 Å². The van der Waals surface area contributed by atoms with Crippen molar-refractivity contribution in [3.8, 4) is 11.3 Å². The van der Waals surface area contributed by atoms with E-state index in [-0.39, 0.29) is 10.7 Å². The van der Waals surface area contributed by atoms with E-state index in [0.717, 1.165) is 4.47 Å². The molecule has 1 aliphatic rings. The average Bonchev–Trinajstić information content (AvgIpc) is 3.16. The predicted molar refractivity (Wildman–Crippen MR) is 125 cm³/mol. The minimum Gasteiger partial charge on any atom is -0.457 e. The van der Waals surface area contributed by atoms with Crippen molar-refractivity contribution in [2.75, 3.05) is 4.90 Å². The Hall–Kier alpha value is -2.45. The van der Waals surface area contributed by atoms with Crippen molar-refractivity contribution in [2.45, 2.75) is 0 Å². The quantitative estimate of drug-likeness (QED) is 0.267. The van der Waals surface area contributed by atoms with Gasteiger partial charge in [-0.15, -0.1) is 0 Å². The molecule has 0 radical (unpaired) electrons. The summed E-state index contributed by atoms with van der Waals surface area (Å²) in [5.41, 5.74) is 1.14. The zero-order chi connectivity index (χ0) is 21.4. The molecule has 5 nitrogen and oxygen atoms in total. The molecule has 0 saturated carbocycles. The van der Waals surface area contributed by atoms with Crippen LogP contribution >= 0.6 is 51.3 Å². The van der Waals surface area contributed by atoms with E-state index in [4.69, 9.17) is 39.8 Å². The Labute approximate surface area is 195 Å². The first-order chi connectivity index (χ1) is 14.3. The highest BCUT2D eigenvalue weighted by molar-refractivity contribution is 9.10. The van der Waals surface area contributed by atoms with E-state index in [1.165, 1.54) is 11.0 Å². The van der Waals surface area contributed by atoms with Crippen LogP contribution < -0.4 is 10.2 Å². The van der Waals surface area contributed by atoms with Crippen LogP contribution in [-0.4, -0.2) is 16.9 Å². The molecule has 2 heterocycles. The molecule has 2 amide bonds. The van der Waals surface area contributed by atoms with E-state index >= 15 is 0 Å². The van der Waals surface area contributed by atoms with Crippen LogP contribution in [0.25, 0.3) is 17.4 Å². The smallest absolute Gasteiger partial charge is 0.270 e. The SMILES string of the molecule is O=C1NC(=S)N(c2cccc(Br)c2)C(=O)/C1=C\c1ccc(-c2ccc(Cl)c(Cl)c2)o1. The van der Waals surface area contributed by atoms with Crippen LogP contribution in [-0.2, 0) is 9.59 Å². The summed E-state index contributed by atoms with van der Waals surface area (Å²) < 4.78 is 6.56. The number of benzene rings is 2. The normalized spacial score (nSPS) is 15.6. The van der Waals surface area contributed by atoms with Crippen molar-refractivity contribution < 1.29 is 14.0 Å². The Kier molecular flexibility index (Phi) is 5.79. The van der Waals surface area contributed by atoms with E-state index in [1.807, 2.05) is 6.07 Å². The van der Waals surface area contributed by atoms with Gasteiger partial charge in [-0.1, -0.05) is 45.2 Å². The van der Waals surface area contributed by atoms with Crippen LogP contribution in [0.15, 0.2) is 69.1 Å². The number of rotatable bonds is 3. The average molecular weight is 522 g/mol. The summed E-state index contributed by atoms with van der Waals surface area (Å²) in [6.45, 7) is 0. The van der Waals surface area contributed by atoms with Gasteiger partial charge in [0, 0.05) is 10.0 Å². The third-order valence-corrected chi connectivity index (χ3v) is 5.80. The van der Waals surface area contributed by atoms with Gasteiger partial charge >= 0.3 is 0 Å². The number of carbonyl (C=O) groups excluding carboxylic acids is 2. The maximum Gasteiger partial charge on any atom is 0.270 e. The Morgan fingerprint density at radius 1 is 1.03 bits per heavy atom. The van der Waals surface area contributed by atoms with Gasteiger partial charge < -0.3 is 4.42 Å². The second kappa shape index (κ2) is 8.35. The highest BCUT2D eigenvalue weighted by atomic mass is 79.9. The number of hydrogen-bond donors (Lipinski definition) is 1. The molecule has 9 heteroatoms. The summed E-state index contributed by atoms with van der Waals surface area (Å²) >= 11 is 20.6. The Bertz CT molecular complexity index is 1240. The van der Waals surface area contributed by atoms with Gasteiger partial charge in [-0.05, 0) is 66.8 Å². The van der Waals surface area contributed by atoms with E-state index in [0.29, 0.717) is 32.8 Å². The number of furan rings is 1. The fourth-order valence-corrected chi connectivity index (χ4v) is 3.85.